The summed E-state index contributed by atoms with van der Waals surface area (Å²) in [6.45, 7) is 0.604. The maximum absolute atomic E-state index is 12.2. The van der Waals surface area contributed by atoms with Gasteiger partial charge in [0.15, 0.2) is 0 Å². The van der Waals surface area contributed by atoms with Crippen molar-refractivity contribution in [3.63, 3.8) is 0 Å². The van der Waals surface area contributed by atoms with Gasteiger partial charge in [-0.25, -0.2) is 0 Å². The van der Waals surface area contributed by atoms with Gasteiger partial charge in [-0.3, -0.25) is 4.79 Å². The lowest BCUT2D eigenvalue weighted by atomic mass is 10.1. The number of aromatic nitrogens is 1. The van der Waals surface area contributed by atoms with Gasteiger partial charge >= 0.3 is 0 Å². The summed E-state index contributed by atoms with van der Waals surface area (Å²) in [7, 11) is 0. The minimum absolute atomic E-state index is 0.0549. The zero-order valence-corrected chi connectivity index (χ0v) is 12.2. The van der Waals surface area contributed by atoms with Crippen molar-refractivity contribution in [3.05, 3.63) is 57.4 Å². The van der Waals surface area contributed by atoms with Crippen LogP contribution in [0.15, 0.2) is 42.6 Å². The molecule has 0 radical (unpaired) electrons. The molecule has 0 aliphatic rings. The predicted octanol–water partition coefficient (Wildman–Crippen LogP) is 3.86. The van der Waals surface area contributed by atoms with E-state index in [2.05, 4.69) is 10.3 Å². The molecule has 0 atom stereocenters. The molecule has 0 fully saturated rings. The monoisotopic (exact) mass is 304 g/mol. The fourth-order valence-electron chi connectivity index (χ4n) is 2.15. The third kappa shape index (κ3) is 2.71. The Bertz CT molecular complexity index is 747. The van der Waals surface area contributed by atoms with Crippen LogP contribution in [-0.2, 0) is 6.42 Å². The molecule has 3 rings (SSSR count). The Hall–Kier alpha value is -1.78. The van der Waals surface area contributed by atoms with E-state index in [1.165, 1.54) is 4.88 Å². The molecular formula is C15H13ClN2OS. The molecule has 0 aliphatic heterocycles. The Kier molecular flexibility index (Phi) is 3.76. The van der Waals surface area contributed by atoms with E-state index in [0.717, 1.165) is 21.7 Å². The smallest absolute Gasteiger partial charge is 0.253 e. The van der Waals surface area contributed by atoms with E-state index in [9.17, 15) is 4.79 Å². The number of thiophene rings is 1. The second kappa shape index (κ2) is 5.69. The molecule has 0 saturated carbocycles. The van der Waals surface area contributed by atoms with Crippen LogP contribution in [0.2, 0.25) is 4.34 Å². The van der Waals surface area contributed by atoms with Crippen molar-refractivity contribution in [1.29, 1.82) is 0 Å². The summed E-state index contributed by atoms with van der Waals surface area (Å²) in [6, 6.07) is 11.5. The third-order valence-corrected chi connectivity index (χ3v) is 4.41. The predicted molar refractivity (Wildman–Crippen MR) is 83.7 cm³/mol. The van der Waals surface area contributed by atoms with Crippen LogP contribution in [0.25, 0.3) is 10.9 Å². The number of benzene rings is 1. The van der Waals surface area contributed by atoms with Crippen molar-refractivity contribution in [2.24, 2.45) is 0 Å². The molecule has 0 aliphatic carbocycles. The first-order valence-corrected chi connectivity index (χ1v) is 7.52. The van der Waals surface area contributed by atoms with Crippen LogP contribution >= 0.6 is 22.9 Å². The van der Waals surface area contributed by atoms with Crippen LogP contribution in [0.5, 0.6) is 0 Å². The molecule has 1 amide bonds. The van der Waals surface area contributed by atoms with Gasteiger partial charge in [0.25, 0.3) is 5.91 Å². The van der Waals surface area contributed by atoms with Crippen molar-refractivity contribution in [3.8, 4) is 0 Å². The van der Waals surface area contributed by atoms with Gasteiger partial charge in [-0.2, -0.15) is 0 Å². The number of aromatic amines is 1. The van der Waals surface area contributed by atoms with Crippen LogP contribution < -0.4 is 5.32 Å². The van der Waals surface area contributed by atoms with E-state index in [-0.39, 0.29) is 5.91 Å². The molecule has 20 heavy (non-hydrogen) atoms. The number of halogens is 1. The van der Waals surface area contributed by atoms with E-state index in [4.69, 9.17) is 11.6 Å². The summed E-state index contributed by atoms with van der Waals surface area (Å²) in [5, 5.41) is 3.99. The lowest BCUT2D eigenvalue weighted by Gasteiger charge is -2.05. The first-order chi connectivity index (χ1) is 9.74. The highest BCUT2D eigenvalue weighted by Gasteiger charge is 2.10. The average Bonchev–Trinajstić information content (AvgIpc) is 3.06. The molecule has 5 heteroatoms. The molecule has 0 saturated heterocycles. The van der Waals surface area contributed by atoms with Crippen LogP contribution in [0.4, 0.5) is 0 Å². The molecule has 102 valence electrons. The lowest BCUT2D eigenvalue weighted by Crippen LogP contribution is -2.25. The average molecular weight is 305 g/mol. The Balaban J connectivity index is 1.66. The maximum atomic E-state index is 12.2. The van der Waals surface area contributed by atoms with Crippen LogP contribution in [0.1, 0.15) is 15.2 Å². The van der Waals surface area contributed by atoms with Gasteiger partial charge in [0.1, 0.15) is 0 Å². The zero-order chi connectivity index (χ0) is 13.9. The number of para-hydroxylation sites is 1. The number of nitrogens with one attached hydrogen (secondary N) is 2. The van der Waals surface area contributed by atoms with Crippen molar-refractivity contribution >= 4 is 39.7 Å². The molecule has 1 aromatic carbocycles. The minimum atomic E-state index is -0.0549. The van der Waals surface area contributed by atoms with Gasteiger partial charge in [-0.05, 0) is 30.7 Å². The van der Waals surface area contributed by atoms with Crippen molar-refractivity contribution in [2.45, 2.75) is 6.42 Å². The number of rotatable bonds is 4. The summed E-state index contributed by atoms with van der Waals surface area (Å²) in [5.74, 6) is -0.0549. The van der Waals surface area contributed by atoms with E-state index in [1.54, 1.807) is 11.3 Å². The molecule has 0 unspecified atom stereocenters. The molecule has 2 aromatic heterocycles. The Labute approximate surface area is 125 Å². The molecule has 3 nitrogen and oxygen atoms in total. The lowest BCUT2D eigenvalue weighted by molar-refractivity contribution is 0.0955. The van der Waals surface area contributed by atoms with Gasteiger partial charge in [-0.1, -0.05) is 23.7 Å². The highest BCUT2D eigenvalue weighted by molar-refractivity contribution is 7.16. The van der Waals surface area contributed by atoms with Gasteiger partial charge in [-0.15, -0.1) is 11.3 Å². The van der Waals surface area contributed by atoms with Gasteiger partial charge in [0.05, 0.1) is 15.4 Å². The summed E-state index contributed by atoms with van der Waals surface area (Å²) in [4.78, 5) is 16.5. The highest BCUT2D eigenvalue weighted by Crippen LogP contribution is 2.21. The molecule has 0 spiro atoms. The highest BCUT2D eigenvalue weighted by atomic mass is 35.5. The number of carbonyl (C=O) groups is 1. The fourth-order valence-corrected chi connectivity index (χ4v) is 3.24. The first-order valence-electron chi connectivity index (χ1n) is 6.32. The number of fused-ring (bicyclic) bond motifs is 1. The molecule has 2 N–H and O–H groups in total. The topological polar surface area (TPSA) is 44.9 Å². The summed E-state index contributed by atoms with van der Waals surface area (Å²) in [5.41, 5.74) is 1.56. The second-order valence-corrected chi connectivity index (χ2v) is 6.26. The van der Waals surface area contributed by atoms with E-state index in [0.29, 0.717) is 12.1 Å². The number of hydrogen-bond donors (Lipinski definition) is 2. The number of H-pyrrole nitrogens is 1. The normalized spacial score (nSPS) is 10.8. The minimum Gasteiger partial charge on any atom is -0.361 e. The number of hydrogen-bond acceptors (Lipinski definition) is 2. The number of amides is 1. The van der Waals surface area contributed by atoms with Crippen molar-refractivity contribution in [2.75, 3.05) is 6.54 Å². The van der Waals surface area contributed by atoms with Crippen LogP contribution in [-0.4, -0.2) is 17.4 Å². The fraction of sp³-hybridized carbons (Fsp3) is 0.133. The third-order valence-electron chi connectivity index (χ3n) is 3.12. The van der Waals surface area contributed by atoms with Crippen LogP contribution in [0.3, 0.4) is 0 Å². The largest absolute Gasteiger partial charge is 0.361 e. The SMILES string of the molecule is O=C(NCCc1ccc(Cl)s1)c1cccc2cc[nH]c12. The van der Waals surface area contributed by atoms with E-state index >= 15 is 0 Å². The van der Waals surface area contributed by atoms with Gasteiger partial charge in [0.2, 0.25) is 0 Å². The number of carbonyl (C=O) groups excluding carboxylic acids is 1. The summed E-state index contributed by atoms with van der Waals surface area (Å²) < 4.78 is 0.780. The van der Waals surface area contributed by atoms with Crippen molar-refractivity contribution < 1.29 is 4.79 Å². The summed E-state index contributed by atoms with van der Waals surface area (Å²) >= 11 is 7.42. The summed E-state index contributed by atoms with van der Waals surface area (Å²) in [6.07, 6.45) is 2.64. The molecular weight excluding hydrogens is 292 g/mol. The Morgan fingerprint density at radius 2 is 2.15 bits per heavy atom. The zero-order valence-electron chi connectivity index (χ0n) is 10.7. The van der Waals surface area contributed by atoms with Gasteiger partial charge < -0.3 is 10.3 Å². The van der Waals surface area contributed by atoms with E-state index < -0.39 is 0 Å². The maximum Gasteiger partial charge on any atom is 0.253 e. The molecule has 0 bridgehead atoms. The molecule has 2 heterocycles. The van der Waals surface area contributed by atoms with Crippen molar-refractivity contribution in [1.82, 2.24) is 10.3 Å². The Morgan fingerprint density at radius 1 is 1.25 bits per heavy atom. The van der Waals surface area contributed by atoms with Crippen LogP contribution in [0, 0.1) is 0 Å². The second-order valence-electron chi connectivity index (χ2n) is 4.46. The Morgan fingerprint density at radius 3 is 2.95 bits per heavy atom. The van der Waals surface area contributed by atoms with E-state index in [1.807, 2.05) is 42.6 Å². The standard InChI is InChI=1S/C15H13ClN2OS/c16-13-5-4-11(20-13)7-9-18-15(19)12-3-1-2-10-6-8-17-14(10)12/h1-6,8,17H,7,9H2,(H,18,19). The first kappa shape index (κ1) is 13.2. The molecule has 3 aromatic rings. The van der Waals surface area contributed by atoms with Gasteiger partial charge in [0, 0.05) is 23.0 Å². The quantitative estimate of drug-likeness (QED) is 0.755.